The Morgan fingerprint density at radius 2 is 1.65 bits per heavy atom. The quantitative estimate of drug-likeness (QED) is 0.460. The zero-order valence-corrected chi connectivity index (χ0v) is 16.1. The Hall–Kier alpha value is -0.970. The lowest BCUT2D eigenvalue weighted by Gasteiger charge is -2.19. The Morgan fingerprint density at radius 3 is 2.30 bits per heavy atom. The Bertz CT molecular complexity index is 792. The molecule has 0 saturated carbocycles. The molecular weight excluding hydrogens is 442 g/mol. The summed E-state index contributed by atoms with van der Waals surface area (Å²) in [5.41, 5.74) is 4.69. The first-order valence-corrected chi connectivity index (χ1v) is 8.97. The van der Waals surface area contributed by atoms with E-state index in [4.69, 9.17) is 27.9 Å². The molecule has 0 fully saturated rings. The van der Waals surface area contributed by atoms with Crippen molar-refractivity contribution in [3.63, 3.8) is 0 Å². The van der Waals surface area contributed by atoms with Crippen LogP contribution in [-0.4, -0.2) is 7.11 Å². The molecule has 117 valence electrons. The van der Waals surface area contributed by atoms with Crippen molar-refractivity contribution in [2.24, 2.45) is 0 Å². The van der Waals surface area contributed by atoms with Gasteiger partial charge in [0.25, 0.3) is 0 Å². The van der Waals surface area contributed by atoms with Crippen molar-refractivity contribution in [2.75, 3.05) is 7.11 Å². The highest BCUT2D eigenvalue weighted by Crippen LogP contribution is 2.41. The molecule has 1 aliphatic carbocycles. The first-order valence-electron chi connectivity index (χ1n) is 7.13. The van der Waals surface area contributed by atoms with Crippen LogP contribution < -0.4 is 4.74 Å². The first kappa shape index (κ1) is 16.9. The van der Waals surface area contributed by atoms with Crippen LogP contribution in [0.3, 0.4) is 0 Å². The normalized spacial score (nSPS) is 14.7. The van der Waals surface area contributed by atoms with Crippen molar-refractivity contribution >= 4 is 56.9 Å². The zero-order valence-electron chi connectivity index (χ0n) is 12.4. The van der Waals surface area contributed by atoms with E-state index in [1.54, 1.807) is 7.11 Å². The van der Waals surface area contributed by atoms with E-state index < -0.39 is 0 Å². The minimum atomic E-state index is 0.577. The fourth-order valence-corrected chi connectivity index (χ4v) is 3.90. The second kappa shape index (κ2) is 7.29. The first-order chi connectivity index (χ1) is 11.1. The summed E-state index contributed by atoms with van der Waals surface area (Å²) in [5, 5.41) is 1.16. The van der Waals surface area contributed by atoms with Crippen molar-refractivity contribution in [1.29, 1.82) is 0 Å². The average molecular weight is 456 g/mol. The maximum absolute atomic E-state index is 6.17. The van der Waals surface area contributed by atoms with Gasteiger partial charge in [-0.05, 0) is 82.0 Å². The summed E-state index contributed by atoms with van der Waals surface area (Å²) < 4.78 is 6.44. The molecule has 0 amide bonds. The van der Waals surface area contributed by atoms with Gasteiger partial charge >= 0.3 is 0 Å². The molecule has 23 heavy (non-hydrogen) atoms. The fraction of sp³-hybridized carbons (Fsp3) is 0.105. The molecule has 0 saturated heterocycles. The Labute approximate surface area is 160 Å². The minimum Gasteiger partial charge on any atom is -0.497 e. The molecule has 0 spiro atoms. The number of methoxy groups -OCH3 is 1. The molecule has 0 bridgehead atoms. The maximum Gasteiger partial charge on any atom is 0.118 e. The van der Waals surface area contributed by atoms with E-state index in [2.05, 4.69) is 47.2 Å². The Kier molecular flexibility index (Phi) is 5.34. The largest absolute Gasteiger partial charge is 0.497 e. The van der Waals surface area contributed by atoms with Gasteiger partial charge in [-0.15, -0.1) is 0 Å². The van der Waals surface area contributed by atoms with Gasteiger partial charge in [-0.3, -0.25) is 0 Å². The second-order valence-electron chi connectivity index (χ2n) is 5.14. The summed E-state index contributed by atoms with van der Waals surface area (Å²) in [4.78, 5) is 0. The van der Waals surface area contributed by atoms with Crippen molar-refractivity contribution in [3.05, 3.63) is 79.7 Å². The van der Waals surface area contributed by atoms with Crippen molar-refractivity contribution in [2.45, 2.75) is 6.42 Å². The molecule has 0 atom stereocenters. The van der Waals surface area contributed by atoms with Gasteiger partial charge in [-0.1, -0.05) is 47.5 Å². The highest BCUT2D eigenvalue weighted by atomic mass is 127. The van der Waals surface area contributed by atoms with E-state index in [-0.39, 0.29) is 0 Å². The van der Waals surface area contributed by atoms with Crippen LogP contribution in [0.25, 0.3) is 11.1 Å². The molecule has 0 unspecified atom stereocenters. The van der Waals surface area contributed by atoms with Crippen molar-refractivity contribution in [3.8, 4) is 5.75 Å². The van der Waals surface area contributed by atoms with E-state index in [0.717, 1.165) is 17.7 Å². The van der Waals surface area contributed by atoms with Crippen LogP contribution in [0.15, 0.2) is 52.1 Å². The van der Waals surface area contributed by atoms with Crippen LogP contribution in [0.5, 0.6) is 5.75 Å². The van der Waals surface area contributed by atoms with E-state index in [1.165, 1.54) is 20.3 Å². The molecule has 1 radical (unpaired) electrons. The topological polar surface area (TPSA) is 9.23 Å². The van der Waals surface area contributed by atoms with Gasteiger partial charge in [-0.25, -0.2) is 0 Å². The molecule has 0 N–H and O–H groups in total. The molecule has 1 aliphatic rings. The van der Waals surface area contributed by atoms with Crippen LogP contribution in [0.4, 0.5) is 0 Å². The van der Waals surface area contributed by atoms with Gasteiger partial charge < -0.3 is 4.74 Å². The number of benzene rings is 2. The van der Waals surface area contributed by atoms with Crippen LogP contribution in [0.2, 0.25) is 10.0 Å². The minimum absolute atomic E-state index is 0.577. The predicted octanol–water partition coefficient (Wildman–Crippen LogP) is 6.84. The zero-order chi connectivity index (χ0) is 16.4. The number of rotatable bonds is 3. The highest BCUT2D eigenvalue weighted by molar-refractivity contribution is 14.1. The van der Waals surface area contributed by atoms with E-state index in [0.29, 0.717) is 10.0 Å². The van der Waals surface area contributed by atoms with E-state index in [9.17, 15) is 0 Å². The smallest absolute Gasteiger partial charge is 0.118 e. The monoisotopic (exact) mass is 455 g/mol. The summed E-state index contributed by atoms with van der Waals surface area (Å²) in [6.07, 6.45) is 5.35. The number of halogens is 3. The van der Waals surface area contributed by atoms with Gasteiger partial charge in [0, 0.05) is 3.58 Å². The van der Waals surface area contributed by atoms with Gasteiger partial charge in [-0.2, -0.15) is 0 Å². The Morgan fingerprint density at radius 1 is 0.957 bits per heavy atom. The van der Waals surface area contributed by atoms with Crippen LogP contribution in [-0.2, 0) is 0 Å². The van der Waals surface area contributed by atoms with E-state index in [1.807, 2.05) is 30.3 Å². The van der Waals surface area contributed by atoms with Crippen molar-refractivity contribution in [1.82, 2.24) is 0 Å². The van der Waals surface area contributed by atoms with Gasteiger partial charge in [0.2, 0.25) is 0 Å². The number of hydrogen-bond acceptors (Lipinski definition) is 1. The van der Waals surface area contributed by atoms with Gasteiger partial charge in [0.1, 0.15) is 5.75 Å². The van der Waals surface area contributed by atoms with Gasteiger partial charge in [0.15, 0.2) is 0 Å². The summed E-state index contributed by atoms with van der Waals surface area (Å²) >= 11 is 14.6. The predicted molar refractivity (Wildman–Crippen MR) is 107 cm³/mol. The molecule has 1 nitrogen and oxygen atoms in total. The SMILES string of the molecule is COc1ccc(C2=C(I)C(c3ccc(Cl)c(Cl)c3)=CC[CH]2)cc1. The molecule has 0 aliphatic heterocycles. The summed E-state index contributed by atoms with van der Waals surface area (Å²) in [6, 6.07) is 13.9. The molecule has 2 aromatic carbocycles. The molecule has 0 aromatic heterocycles. The third kappa shape index (κ3) is 3.59. The lowest BCUT2D eigenvalue weighted by molar-refractivity contribution is 0.415. The number of ether oxygens (including phenoxy) is 1. The van der Waals surface area contributed by atoms with Gasteiger partial charge in [0.05, 0.1) is 17.2 Å². The highest BCUT2D eigenvalue weighted by Gasteiger charge is 2.17. The molecule has 2 aromatic rings. The van der Waals surface area contributed by atoms with E-state index >= 15 is 0 Å². The van der Waals surface area contributed by atoms with Crippen molar-refractivity contribution < 1.29 is 4.74 Å². The molecule has 0 heterocycles. The molecule has 3 rings (SSSR count). The third-order valence-corrected chi connectivity index (χ3v) is 5.65. The number of hydrogen-bond donors (Lipinski definition) is 0. The lowest BCUT2D eigenvalue weighted by atomic mass is 9.90. The Balaban J connectivity index is 2.00. The summed E-state index contributed by atoms with van der Waals surface area (Å²) in [6.45, 7) is 0. The van der Waals surface area contributed by atoms with Crippen LogP contribution in [0, 0.1) is 6.42 Å². The standard InChI is InChI=1S/C19H14Cl2IO/c1-23-14-8-5-12(6-9-14)15-3-2-4-16(19(15)22)13-7-10-17(20)18(21)11-13/h3-11H,2H2,1H3. The fourth-order valence-electron chi connectivity index (χ4n) is 2.54. The molecule has 4 heteroatoms. The van der Waals surface area contributed by atoms with Crippen LogP contribution in [0.1, 0.15) is 17.5 Å². The lowest BCUT2D eigenvalue weighted by Crippen LogP contribution is -1.98. The van der Waals surface area contributed by atoms with Crippen LogP contribution >= 0.6 is 45.8 Å². The number of allylic oxidation sites excluding steroid dienone is 4. The third-order valence-electron chi connectivity index (χ3n) is 3.75. The molecular formula is C19H14Cl2IO. The summed E-state index contributed by atoms with van der Waals surface area (Å²) in [5.74, 6) is 0.861. The average Bonchev–Trinajstić information content (AvgIpc) is 2.58. The maximum atomic E-state index is 6.17. The summed E-state index contributed by atoms with van der Waals surface area (Å²) in [7, 11) is 1.68. The second-order valence-corrected chi connectivity index (χ2v) is 7.04.